The van der Waals surface area contributed by atoms with Crippen molar-refractivity contribution >= 4 is 23.0 Å². The minimum Gasteiger partial charge on any atom is -0.379 e. The summed E-state index contributed by atoms with van der Waals surface area (Å²) in [6.45, 7) is 5.52. The van der Waals surface area contributed by atoms with Crippen LogP contribution in [0.2, 0.25) is 0 Å². The lowest BCUT2D eigenvalue weighted by atomic mass is 10.1. The molecule has 0 radical (unpaired) electrons. The molecule has 0 aliphatic carbocycles. The second-order valence-corrected chi connectivity index (χ2v) is 6.93. The van der Waals surface area contributed by atoms with Crippen LogP contribution < -0.4 is 15.5 Å². The molecule has 1 aliphatic heterocycles. The maximum absolute atomic E-state index is 12.2. The number of rotatable bonds is 8. The smallest absolute Gasteiger partial charge is 0.292 e. The molecule has 2 aromatic rings. The molecule has 154 valence electrons. The summed E-state index contributed by atoms with van der Waals surface area (Å²) < 4.78 is 5.38. The van der Waals surface area contributed by atoms with Crippen molar-refractivity contribution in [1.82, 2.24) is 5.32 Å². The summed E-state index contributed by atoms with van der Waals surface area (Å²) in [4.78, 5) is 25.1. The normalized spacial score (nSPS) is 14.9. The molecular formula is C21H26N4O4. The highest BCUT2D eigenvalue weighted by atomic mass is 16.6. The number of anilines is 2. The van der Waals surface area contributed by atoms with E-state index in [4.69, 9.17) is 4.74 Å². The molecule has 0 spiro atoms. The molecular weight excluding hydrogens is 372 g/mol. The predicted octanol–water partition coefficient (Wildman–Crippen LogP) is 3.11. The van der Waals surface area contributed by atoms with Gasteiger partial charge in [-0.15, -0.1) is 0 Å². The molecule has 8 nitrogen and oxygen atoms in total. The van der Waals surface area contributed by atoms with E-state index in [9.17, 15) is 14.9 Å². The van der Waals surface area contributed by atoms with Crippen LogP contribution in [0.15, 0.2) is 48.5 Å². The van der Waals surface area contributed by atoms with Crippen molar-refractivity contribution < 1.29 is 14.5 Å². The van der Waals surface area contributed by atoms with Crippen LogP contribution in [0.1, 0.15) is 24.9 Å². The Morgan fingerprint density at radius 2 is 1.86 bits per heavy atom. The number of carbonyl (C=O) groups is 1. The molecule has 1 atom stereocenters. The maximum Gasteiger partial charge on any atom is 0.292 e. The van der Waals surface area contributed by atoms with Crippen molar-refractivity contribution in [3.63, 3.8) is 0 Å². The quantitative estimate of drug-likeness (QED) is 0.524. The van der Waals surface area contributed by atoms with Crippen molar-refractivity contribution in [2.24, 2.45) is 0 Å². The Balaban J connectivity index is 1.47. The van der Waals surface area contributed by atoms with Crippen LogP contribution in [0, 0.1) is 10.1 Å². The molecule has 1 aliphatic rings. The van der Waals surface area contributed by atoms with E-state index in [1.165, 1.54) is 6.07 Å². The van der Waals surface area contributed by atoms with Crippen molar-refractivity contribution in [2.45, 2.75) is 19.4 Å². The number of amides is 1. The fourth-order valence-corrected chi connectivity index (χ4v) is 3.29. The van der Waals surface area contributed by atoms with Crippen LogP contribution in [0.25, 0.3) is 0 Å². The zero-order chi connectivity index (χ0) is 20.6. The molecule has 29 heavy (non-hydrogen) atoms. The van der Waals surface area contributed by atoms with E-state index in [0.717, 1.165) is 37.6 Å². The van der Waals surface area contributed by atoms with Gasteiger partial charge in [-0.05, 0) is 30.7 Å². The van der Waals surface area contributed by atoms with Gasteiger partial charge in [-0.25, -0.2) is 0 Å². The molecule has 8 heteroatoms. The van der Waals surface area contributed by atoms with Gasteiger partial charge in [-0.1, -0.05) is 24.3 Å². The van der Waals surface area contributed by atoms with E-state index >= 15 is 0 Å². The van der Waals surface area contributed by atoms with E-state index in [2.05, 4.69) is 27.7 Å². The number of nitrogens with zero attached hydrogens (tertiary/aromatic N) is 2. The molecule has 2 aromatic carbocycles. The van der Waals surface area contributed by atoms with E-state index in [-0.39, 0.29) is 24.1 Å². The van der Waals surface area contributed by atoms with Gasteiger partial charge in [0.05, 0.1) is 24.2 Å². The SMILES string of the molecule is CC(NC(=O)CCNc1ccccc1[N+](=O)[O-])c1ccc(N2CCOCC2)cc1. The molecule has 1 heterocycles. The van der Waals surface area contributed by atoms with Gasteiger partial charge in [-0.3, -0.25) is 14.9 Å². The molecule has 1 fully saturated rings. The van der Waals surface area contributed by atoms with Crippen molar-refractivity contribution in [2.75, 3.05) is 43.1 Å². The Bertz CT molecular complexity index is 835. The van der Waals surface area contributed by atoms with Gasteiger partial charge in [0, 0.05) is 37.8 Å². The first-order chi connectivity index (χ1) is 14.0. The Morgan fingerprint density at radius 1 is 1.17 bits per heavy atom. The standard InChI is InChI=1S/C21H26N4O4/c1-16(17-6-8-18(9-7-17)24-12-14-29-15-13-24)23-21(26)10-11-22-19-4-2-3-5-20(19)25(27)28/h2-9,16,22H,10-15H2,1H3,(H,23,26). The van der Waals surface area contributed by atoms with Crippen LogP contribution in [0.3, 0.4) is 0 Å². The second kappa shape index (κ2) is 9.88. The lowest BCUT2D eigenvalue weighted by molar-refractivity contribution is -0.384. The summed E-state index contributed by atoms with van der Waals surface area (Å²) in [6, 6.07) is 14.5. The van der Waals surface area contributed by atoms with Crippen LogP contribution in [0.5, 0.6) is 0 Å². The summed E-state index contributed by atoms with van der Waals surface area (Å²) in [7, 11) is 0. The number of nitrogens with one attached hydrogen (secondary N) is 2. The summed E-state index contributed by atoms with van der Waals surface area (Å²) in [6.07, 6.45) is 0.224. The van der Waals surface area contributed by atoms with Gasteiger partial charge in [0.2, 0.25) is 5.91 Å². The molecule has 0 saturated carbocycles. The van der Waals surface area contributed by atoms with Gasteiger partial charge in [0.15, 0.2) is 0 Å². The Kier molecular flexibility index (Phi) is 7.02. The maximum atomic E-state index is 12.2. The Labute approximate surface area is 170 Å². The molecule has 1 saturated heterocycles. The van der Waals surface area contributed by atoms with Gasteiger partial charge in [-0.2, -0.15) is 0 Å². The molecule has 3 rings (SSSR count). The third-order valence-electron chi connectivity index (χ3n) is 4.92. The molecule has 0 aromatic heterocycles. The first-order valence-corrected chi connectivity index (χ1v) is 9.74. The third-order valence-corrected chi connectivity index (χ3v) is 4.92. The number of nitro benzene ring substituents is 1. The van der Waals surface area contributed by atoms with Crippen molar-refractivity contribution in [3.05, 3.63) is 64.2 Å². The van der Waals surface area contributed by atoms with E-state index < -0.39 is 4.92 Å². The Morgan fingerprint density at radius 3 is 2.55 bits per heavy atom. The van der Waals surface area contributed by atoms with Crippen LogP contribution in [-0.2, 0) is 9.53 Å². The highest BCUT2D eigenvalue weighted by Gasteiger charge is 2.14. The van der Waals surface area contributed by atoms with Gasteiger partial charge >= 0.3 is 0 Å². The zero-order valence-electron chi connectivity index (χ0n) is 16.5. The number of benzene rings is 2. The number of hydrogen-bond acceptors (Lipinski definition) is 6. The summed E-state index contributed by atoms with van der Waals surface area (Å²) in [5.41, 5.74) is 2.60. The molecule has 1 unspecified atom stereocenters. The van der Waals surface area contributed by atoms with Crippen LogP contribution >= 0.6 is 0 Å². The lowest BCUT2D eigenvalue weighted by Gasteiger charge is -2.29. The average molecular weight is 398 g/mol. The summed E-state index contributed by atoms with van der Waals surface area (Å²) in [5, 5.41) is 17.0. The van der Waals surface area contributed by atoms with E-state index in [0.29, 0.717) is 12.2 Å². The van der Waals surface area contributed by atoms with Gasteiger partial charge in [0.25, 0.3) is 5.69 Å². The largest absolute Gasteiger partial charge is 0.379 e. The zero-order valence-corrected chi connectivity index (χ0v) is 16.5. The number of hydrogen-bond donors (Lipinski definition) is 2. The highest BCUT2D eigenvalue weighted by Crippen LogP contribution is 2.23. The average Bonchev–Trinajstić information content (AvgIpc) is 2.74. The second-order valence-electron chi connectivity index (χ2n) is 6.93. The predicted molar refractivity (Wildman–Crippen MR) is 112 cm³/mol. The van der Waals surface area contributed by atoms with Gasteiger partial charge < -0.3 is 20.3 Å². The molecule has 1 amide bonds. The summed E-state index contributed by atoms with van der Waals surface area (Å²) >= 11 is 0. The lowest BCUT2D eigenvalue weighted by Crippen LogP contribution is -2.36. The first-order valence-electron chi connectivity index (χ1n) is 9.74. The monoisotopic (exact) mass is 398 g/mol. The minimum atomic E-state index is -0.439. The van der Waals surface area contributed by atoms with Gasteiger partial charge in [0.1, 0.15) is 5.69 Å². The Hall–Kier alpha value is -3.13. The highest BCUT2D eigenvalue weighted by molar-refractivity contribution is 5.77. The number of carbonyl (C=O) groups excluding carboxylic acids is 1. The minimum absolute atomic E-state index is 0.00151. The molecule has 0 bridgehead atoms. The van der Waals surface area contributed by atoms with Crippen molar-refractivity contribution in [3.8, 4) is 0 Å². The van der Waals surface area contributed by atoms with Crippen LogP contribution in [0.4, 0.5) is 17.1 Å². The topological polar surface area (TPSA) is 96.7 Å². The van der Waals surface area contributed by atoms with E-state index in [1.54, 1.807) is 18.2 Å². The fraction of sp³-hybridized carbons (Fsp3) is 0.381. The number of nitro groups is 1. The first kappa shape index (κ1) is 20.6. The number of morpholine rings is 1. The number of ether oxygens (including phenoxy) is 1. The summed E-state index contributed by atoms with van der Waals surface area (Å²) in [5.74, 6) is -0.110. The van der Waals surface area contributed by atoms with Crippen LogP contribution in [-0.4, -0.2) is 43.7 Å². The fourth-order valence-electron chi connectivity index (χ4n) is 3.29. The van der Waals surface area contributed by atoms with E-state index in [1.807, 2.05) is 19.1 Å². The third kappa shape index (κ3) is 5.68. The van der Waals surface area contributed by atoms with Crippen molar-refractivity contribution in [1.29, 1.82) is 0 Å². The number of para-hydroxylation sites is 2. The molecule has 2 N–H and O–H groups in total.